The number of halogens is 1. The maximum absolute atomic E-state index is 12.6. The highest BCUT2D eigenvalue weighted by molar-refractivity contribution is 6.30. The number of hydrazine groups is 1. The Morgan fingerprint density at radius 1 is 1.15 bits per heavy atom. The number of carbonyl (C=O) groups is 3. The van der Waals surface area contributed by atoms with Crippen molar-refractivity contribution >= 4 is 29.3 Å². The van der Waals surface area contributed by atoms with E-state index in [1.807, 2.05) is 49.4 Å². The van der Waals surface area contributed by atoms with Gasteiger partial charge >= 0.3 is 5.97 Å². The standard InChI is InChI=1S/C23H23ClN4O5/c1-13-3-8-17(24)9-18(13)16-6-4-15(5-7-16)11-28(12-21(30)23(32)33)27-22(31)20-10-19(14(2)29)25-26-20/h3-10,21,30H,11-12H2,1-2H3,(H,25,26)(H,27,31)(H,32,33). The van der Waals surface area contributed by atoms with Crippen molar-refractivity contribution in [3.63, 3.8) is 0 Å². The van der Waals surface area contributed by atoms with E-state index >= 15 is 0 Å². The summed E-state index contributed by atoms with van der Waals surface area (Å²) in [5.41, 5.74) is 6.46. The third-order valence-electron chi connectivity index (χ3n) is 4.96. The first-order chi connectivity index (χ1) is 15.6. The summed E-state index contributed by atoms with van der Waals surface area (Å²) < 4.78 is 0. The molecule has 0 saturated heterocycles. The van der Waals surface area contributed by atoms with E-state index in [0.717, 1.165) is 22.3 Å². The number of amides is 1. The van der Waals surface area contributed by atoms with Gasteiger partial charge in [-0.15, -0.1) is 0 Å². The molecule has 2 aromatic carbocycles. The van der Waals surface area contributed by atoms with Crippen molar-refractivity contribution < 1.29 is 24.6 Å². The second-order valence-corrected chi connectivity index (χ2v) is 7.99. The molecule has 0 spiro atoms. The van der Waals surface area contributed by atoms with Crippen molar-refractivity contribution in [2.75, 3.05) is 6.54 Å². The topological polar surface area (TPSA) is 136 Å². The number of nitrogens with one attached hydrogen (secondary N) is 2. The molecule has 1 aromatic heterocycles. The summed E-state index contributed by atoms with van der Waals surface area (Å²) in [5, 5.41) is 27.0. The molecule has 1 heterocycles. The summed E-state index contributed by atoms with van der Waals surface area (Å²) in [5.74, 6) is -2.35. The fourth-order valence-corrected chi connectivity index (χ4v) is 3.35. The molecule has 3 aromatic rings. The number of aliphatic hydroxyl groups is 1. The molecule has 9 nitrogen and oxygen atoms in total. The molecule has 0 radical (unpaired) electrons. The Morgan fingerprint density at radius 2 is 1.85 bits per heavy atom. The van der Waals surface area contributed by atoms with Crippen molar-refractivity contribution in [3.05, 3.63) is 76.1 Å². The average molecular weight is 471 g/mol. The smallest absolute Gasteiger partial charge is 0.333 e. The van der Waals surface area contributed by atoms with E-state index in [1.54, 1.807) is 0 Å². The Bertz CT molecular complexity index is 1180. The lowest BCUT2D eigenvalue weighted by atomic mass is 9.99. The third kappa shape index (κ3) is 6.26. The van der Waals surface area contributed by atoms with E-state index in [9.17, 15) is 19.5 Å². The van der Waals surface area contributed by atoms with Gasteiger partial charge in [0.15, 0.2) is 11.9 Å². The molecular formula is C23H23ClN4O5. The van der Waals surface area contributed by atoms with Crippen molar-refractivity contribution in [2.24, 2.45) is 0 Å². The summed E-state index contributed by atoms with van der Waals surface area (Å²) in [4.78, 5) is 35.1. The van der Waals surface area contributed by atoms with Gasteiger partial charge in [0.05, 0.1) is 6.54 Å². The highest BCUT2D eigenvalue weighted by Gasteiger charge is 2.21. The number of aliphatic carboxylic acids is 1. The van der Waals surface area contributed by atoms with E-state index in [0.29, 0.717) is 5.02 Å². The largest absolute Gasteiger partial charge is 0.479 e. The number of benzene rings is 2. The maximum Gasteiger partial charge on any atom is 0.333 e. The molecule has 0 saturated carbocycles. The summed E-state index contributed by atoms with van der Waals surface area (Å²) >= 11 is 6.11. The second kappa shape index (κ2) is 10.4. The van der Waals surface area contributed by atoms with Gasteiger partial charge in [0.1, 0.15) is 11.4 Å². The molecule has 0 aliphatic heterocycles. The molecule has 0 aliphatic rings. The highest BCUT2D eigenvalue weighted by Crippen LogP contribution is 2.27. The SMILES string of the molecule is CC(=O)c1cc(C(=O)NN(Cc2ccc(-c3cc(Cl)ccc3C)cc2)CC(O)C(=O)O)[nH]n1. The van der Waals surface area contributed by atoms with Crippen LogP contribution in [0.5, 0.6) is 0 Å². The number of carboxylic acids is 1. The van der Waals surface area contributed by atoms with Crippen LogP contribution in [-0.2, 0) is 11.3 Å². The van der Waals surface area contributed by atoms with Gasteiger partial charge in [0, 0.05) is 18.5 Å². The van der Waals surface area contributed by atoms with Gasteiger partial charge in [-0.25, -0.2) is 9.80 Å². The first kappa shape index (κ1) is 24.1. The van der Waals surface area contributed by atoms with Gasteiger partial charge in [-0.1, -0.05) is 41.9 Å². The normalized spacial score (nSPS) is 11.9. The van der Waals surface area contributed by atoms with Crippen LogP contribution >= 0.6 is 11.6 Å². The van der Waals surface area contributed by atoms with Crippen LogP contribution in [0.3, 0.4) is 0 Å². The Hall–Kier alpha value is -3.53. The molecule has 0 bridgehead atoms. The van der Waals surface area contributed by atoms with Gasteiger partial charge in [-0.05, 0) is 47.4 Å². The first-order valence-electron chi connectivity index (χ1n) is 10.0. The molecule has 33 heavy (non-hydrogen) atoms. The summed E-state index contributed by atoms with van der Waals surface area (Å²) in [6, 6.07) is 14.4. The van der Waals surface area contributed by atoms with Gasteiger partial charge in [-0.3, -0.25) is 20.1 Å². The van der Waals surface area contributed by atoms with Crippen LogP contribution in [0.4, 0.5) is 0 Å². The van der Waals surface area contributed by atoms with Gasteiger partial charge < -0.3 is 10.2 Å². The van der Waals surface area contributed by atoms with E-state index in [1.165, 1.54) is 18.0 Å². The lowest BCUT2D eigenvalue weighted by Gasteiger charge is -2.24. The van der Waals surface area contributed by atoms with Crippen molar-refractivity contribution in [1.29, 1.82) is 0 Å². The molecule has 172 valence electrons. The first-order valence-corrected chi connectivity index (χ1v) is 10.4. The number of carbonyl (C=O) groups excluding carboxylic acids is 2. The number of Topliss-reactive ketones (excluding diaryl/α,β-unsaturated/α-hetero) is 1. The number of aromatic amines is 1. The van der Waals surface area contributed by atoms with Crippen LogP contribution in [-0.4, -0.2) is 55.7 Å². The Balaban J connectivity index is 1.77. The van der Waals surface area contributed by atoms with Gasteiger partial charge in [0.2, 0.25) is 0 Å². The molecular weight excluding hydrogens is 448 g/mol. The van der Waals surface area contributed by atoms with E-state index in [4.69, 9.17) is 16.7 Å². The number of H-pyrrole nitrogens is 1. The van der Waals surface area contributed by atoms with Crippen LogP contribution < -0.4 is 5.43 Å². The monoisotopic (exact) mass is 470 g/mol. The highest BCUT2D eigenvalue weighted by atomic mass is 35.5. The fraction of sp³-hybridized carbons (Fsp3) is 0.217. The fourth-order valence-electron chi connectivity index (χ4n) is 3.17. The molecule has 3 rings (SSSR count). The zero-order valence-corrected chi connectivity index (χ0v) is 18.8. The number of ketones is 1. The van der Waals surface area contributed by atoms with E-state index in [2.05, 4.69) is 15.6 Å². The van der Waals surface area contributed by atoms with Crippen LogP contribution in [0.1, 0.15) is 39.0 Å². The Kier molecular flexibility index (Phi) is 7.59. The van der Waals surface area contributed by atoms with Gasteiger partial charge in [0.25, 0.3) is 5.91 Å². The van der Waals surface area contributed by atoms with E-state index in [-0.39, 0.29) is 30.3 Å². The zero-order valence-electron chi connectivity index (χ0n) is 18.0. The molecule has 1 amide bonds. The molecule has 0 fully saturated rings. The minimum absolute atomic E-state index is 0.0294. The molecule has 1 atom stereocenters. The predicted molar refractivity (Wildman–Crippen MR) is 122 cm³/mol. The number of aliphatic hydroxyl groups excluding tert-OH is 1. The number of aryl methyl sites for hydroxylation is 1. The Labute approximate surface area is 195 Å². The summed E-state index contributed by atoms with van der Waals surface area (Å²) in [6.45, 7) is 3.07. The number of hydrogen-bond donors (Lipinski definition) is 4. The number of aromatic nitrogens is 2. The lowest BCUT2D eigenvalue weighted by Crippen LogP contribution is -2.47. The Morgan fingerprint density at radius 3 is 2.45 bits per heavy atom. The minimum Gasteiger partial charge on any atom is -0.479 e. The summed E-state index contributed by atoms with van der Waals surface area (Å²) in [7, 11) is 0. The van der Waals surface area contributed by atoms with Crippen LogP contribution in [0.25, 0.3) is 11.1 Å². The predicted octanol–water partition coefficient (Wildman–Crippen LogP) is 2.83. The molecule has 0 aliphatic carbocycles. The molecule has 4 N–H and O–H groups in total. The van der Waals surface area contributed by atoms with Crippen molar-refractivity contribution in [2.45, 2.75) is 26.5 Å². The third-order valence-corrected chi connectivity index (χ3v) is 5.19. The number of carboxylic acid groups (broad SMARTS) is 1. The van der Waals surface area contributed by atoms with E-state index < -0.39 is 18.0 Å². The molecule has 10 heteroatoms. The maximum atomic E-state index is 12.6. The average Bonchev–Trinajstić information content (AvgIpc) is 3.27. The molecule has 1 unspecified atom stereocenters. The van der Waals surface area contributed by atoms with Crippen LogP contribution in [0, 0.1) is 6.92 Å². The number of rotatable bonds is 9. The van der Waals surface area contributed by atoms with Crippen molar-refractivity contribution in [1.82, 2.24) is 20.6 Å². The van der Waals surface area contributed by atoms with Crippen LogP contribution in [0.15, 0.2) is 48.5 Å². The minimum atomic E-state index is -1.71. The van der Waals surface area contributed by atoms with Crippen LogP contribution in [0.2, 0.25) is 5.02 Å². The number of hydrogen-bond acceptors (Lipinski definition) is 6. The summed E-state index contributed by atoms with van der Waals surface area (Å²) in [6.07, 6.45) is -1.71. The van der Waals surface area contributed by atoms with Crippen molar-refractivity contribution in [3.8, 4) is 11.1 Å². The quantitative estimate of drug-likeness (QED) is 0.279. The number of nitrogens with zero attached hydrogens (tertiary/aromatic N) is 2. The second-order valence-electron chi connectivity index (χ2n) is 7.55. The lowest BCUT2D eigenvalue weighted by molar-refractivity contribution is -0.148. The van der Waals surface area contributed by atoms with Gasteiger partial charge in [-0.2, -0.15) is 5.10 Å². The zero-order chi connectivity index (χ0) is 24.1.